The summed E-state index contributed by atoms with van der Waals surface area (Å²) in [5.74, 6) is -0.467. The van der Waals surface area contributed by atoms with Crippen LogP contribution in [0.2, 0.25) is 0 Å². The van der Waals surface area contributed by atoms with Gasteiger partial charge in [0.1, 0.15) is 5.75 Å². The Kier molecular flexibility index (Phi) is 7.26. The lowest BCUT2D eigenvalue weighted by atomic mass is 9.95. The van der Waals surface area contributed by atoms with Crippen molar-refractivity contribution in [2.24, 2.45) is 4.99 Å². The first-order valence-electron chi connectivity index (χ1n) is 10.9. The van der Waals surface area contributed by atoms with Gasteiger partial charge in [-0.05, 0) is 35.8 Å². The molecule has 2 aromatic carbocycles. The van der Waals surface area contributed by atoms with Crippen molar-refractivity contribution in [1.82, 2.24) is 4.57 Å². The maximum absolute atomic E-state index is 13.6. The Bertz CT molecular complexity index is 1450. The second-order valence-electron chi connectivity index (χ2n) is 7.63. The molecule has 1 aromatic heterocycles. The molecule has 0 fully saturated rings. The van der Waals surface area contributed by atoms with Gasteiger partial charge >= 0.3 is 11.9 Å². The monoisotopic (exact) mass is 492 g/mol. The zero-order valence-corrected chi connectivity index (χ0v) is 20.3. The minimum Gasteiger partial charge on any atom is -0.482 e. The van der Waals surface area contributed by atoms with Crippen molar-refractivity contribution in [3.8, 4) is 5.75 Å². The van der Waals surface area contributed by atoms with Gasteiger partial charge in [-0.3, -0.25) is 9.36 Å². The minimum atomic E-state index is -0.633. The third kappa shape index (κ3) is 4.95. The molecular formula is C26H24N2O6S. The smallest absolute Gasteiger partial charge is 0.343 e. The first kappa shape index (κ1) is 24.2. The quantitative estimate of drug-likeness (QED) is 0.470. The van der Waals surface area contributed by atoms with E-state index >= 15 is 0 Å². The van der Waals surface area contributed by atoms with E-state index in [1.165, 1.54) is 25.6 Å². The Morgan fingerprint density at radius 3 is 2.40 bits per heavy atom. The number of esters is 2. The highest BCUT2D eigenvalue weighted by atomic mass is 32.1. The van der Waals surface area contributed by atoms with Gasteiger partial charge in [-0.25, -0.2) is 14.6 Å². The summed E-state index contributed by atoms with van der Waals surface area (Å²) in [6.45, 7) is 1.73. The molecule has 1 aliphatic heterocycles. The molecular weight excluding hydrogens is 468 g/mol. The highest BCUT2D eigenvalue weighted by Crippen LogP contribution is 2.31. The van der Waals surface area contributed by atoms with Crippen LogP contribution in [0.3, 0.4) is 0 Å². The lowest BCUT2D eigenvalue weighted by Crippen LogP contribution is -2.40. The minimum absolute atomic E-state index is 0.184. The number of carbonyl (C=O) groups is 2. The number of benzene rings is 2. The summed E-state index contributed by atoms with van der Waals surface area (Å²) in [6.07, 6.45) is 2.29. The first-order valence-corrected chi connectivity index (χ1v) is 11.8. The highest BCUT2D eigenvalue weighted by Gasteiger charge is 2.33. The number of carbonyl (C=O) groups excluding carboxylic acids is 2. The molecule has 0 amide bonds. The summed E-state index contributed by atoms with van der Waals surface area (Å²) in [4.78, 5) is 42.8. The van der Waals surface area contributed by atoms with E-state index in [0.29, 0.717) is 32.8 Å². The summed E-state index contributed by atoms with van der Waals surface area (Å²) >= 11 is 1.27. The third-order valence-corrected chi connectivity index (χ3v) is 6.51. The maximum atomic E-state index is 13.6. The van der Waals surface area contributed by atoms with Crippen molar-refractivity contribution in [3.05, 3.63) is 96.7 Å². The van der Waals surface area contributed by atoms with Crippen molar-refractivity contribution >= 4 is 29.4 Å². The van der Waals surface area contributed by atoms with Crippen LogP contribution in [0.5, 0.6) is 5.75 Å². The molecule has 0 saturated carbocycles. The average molecular weight is 493 g/mol. The molecule has 9 heteroatoms. The van der Waals surface area contributed by atoms with E-state index in [9.17, 15) is 14.4 Å². The van der Waals surface area contributed by atoms with Gasteiger partial charge < -0.3 is 14.2 Å². The number of nitrogens with zero attached hydrogens (tertiary/aromatic N) is 2. The SMILES string of the molecule is CCC1=C(C(=O)OC)[C@@H](c2ccccc2)n2c(s/c(=C\c3ccc(OCC(=O)OC)cc3)c2=O)=N1. The van der Waals surface area contributed by atoms with Crippen LogP contribution in [0.25, 0.3) is 6.08 Å². The Hall–Kier alpha value is -3.98. The number of ether oxygens (including phenoxy) is 3. The molecule has 0 saturated heterocycles. The lowest BCUT2D eigenvalue weighted by Gasteiger charge is -2.25. The largest absolute Gasteiger partial charge is 0.482 e. The third-order valence-electron chi connectivity index (χ3n) is 5.53. The number of hydrogen-bond acceptors (Lipinski definition) is 8. The van der Waals surface area contributed by atoms with Crippen LogP contribution in [0, 0.1) is 0 Å². The van der Waals surface area contributed by atoms with Gasteiger partial charge in [-0.1, -0.05) is 60.7 Å². The Balaban J connectivity index is 1.79. The van der Waals surface area contributed by atoms with Gasteiger partial charge in [-0.15, -0.1) is 0 Å². The summed E-state index contributed by atoms with van der Waals surface area (Å²) in [5.41, 5.74) is 2.30. The molecule has 1 atom stereocenters. The summed E-state index contributed by atoms with van der Waals surface area (Å²) in [5, 5.41) is 0. The molecule has 0 aliphatic carbocycles. The second-order valence-corrected chi connectivity index (χ2v) is 8.64. The zero-order chi connectivity index (χ0) is 24.9. The average Bonchev–Trinajstić information content (AvgIpc) is 3.21. The predicted octanol–water partition coefficient (Wildman–Crippen LogP) is 2.35. The Morgan fingerprint density at radius 2 is 1.77 bits per heavy atom. The topological polar surface area (TPSA) is 96.2 Å². The number of methoxy groups -OCH3 is 2. The van der Waals surface area contributed by atoms with Crippen LogP contribution >= 0.6 is 11.3 Å². The van der Waals surface area contributed by atoms with E-state index in [2.05, 4.69) is 9.73 Å². The molecule has 0 bridgehead atoms. The van der Waals surface area contributed by atoms with Gasteiger partial charge in [0.2, 0.25) is 0 Å². The van der Waals surface area contributed by atoms with E-state index in [-0.39, 0.29) is 12.2 Å². The second kappa shape index (κ2) is 10.5. The highest BCUT2D eigenvalue weighted by molar-refractivity contribution is 7.07. The molecule has 0 N–H and O–H groups in total. The van der Waals surface area contributed by atoms with E-state index in [0.717, 1.165) is 11.1 Å². The van der Waals surface area contributed by atoms with Crippen LogP contribution in [0.15, 0.2) is 75.7 Å². The number of aromatic nitrogens is 1. The number of thiazole rings is 1. The van der Waals surface area contributed by atoms with Crippen LogP contribution in [-0.2, 0) is 19.1 Å². The molecule has 8 nitrogen and oxygen atoms in total. The number of allylic oxidation sites excluding steroid dienone is 1. The Labute approximate surface area is 205 Å². The number of rotatable bonds is 7. The molecule has 4 rings (SSSR count). The summed E-state index contributed by atoms with van der Waals surface area (Å²) in [6, 6.07) is 15.8. The van der Waals surface area contributed by atoms with Crippen molar-refractivity contribution < 1.29 is 23.8 Å². The van der Waals surface area contributed by atoms with Crippen LogP contribution in [-0.4, -0.2) is 37.3 Å². The molecule has 0 spiro atoms. The van der Waals surface area contributed by atoms with Gasteiger partial charge in [0, 0.05) is 0 Å². The predicted molar refractivity (Wildman–Crippen MR) is 131 cm³/mol. The Morgan fingerprint density at radius 1 is 1.06 bits per heavy atom. The first-order chi connectivity index (χ1) is 17.0. The number of hydrogen-bond donors (Lipinski definition) is 0. The standard InChI is InChI=1S/C26H24N2O6S/c1-4-19-22(25(31)33-3)23(17-8-6-5-7-9-17)28-24(30)20(35-26(28)27-19)14-16-10-12-18(13-11-16)34-15-21(29)32-2/h5-14,23H,4,15H2,1-3H3/b20-14-/t23-/m1/s1. The maximum Gasteiger partial charge on any atom is 0.343 e. The lowest BCUT2D eigenvalue weighted by molar-refractivity contribution is -0.143. The van der Waals surface area contributed by atoms with Crippen molar-refractivity contribution in [2.45, 2.75) is 19.4 Å². The van der Waals surface area contributed by atoms with Crippen LogP contribution in [0.4, 0.5) is 0 Å². The van der Waals surface area contributed by atoms with E-state index in [4.69, 9.17) is 9.47 Å². The summed E-state index contributed by atoms with van der Waals surface area (Å²) in [7, 11) is 2.62. The van der Waals surface area contributed by atoms with E-state index < -0.39 is 18.0 Å². The molecule has 35 heavy (non-hydrogen) atoms. The van der Waals surface area contributed by atoms with Gasteiger partial charge in [-0.2, -0.15) is 0 Å². The number of fused-ring (bicyclic) bond motifs is 1. The van der Waals surface area contributed by atoms with E-state index in [1.54, 1.807) is 34.9 Å². The molecule has 1 aliphatic rings. The van der Waals surface area contributed by atoms with Crippen molar-refractivity contribution in [3.63, 3.8) is 0 Å². The summed E-state index contributed by atoms with van der Waals surface area (Å²) < 4.78 is 17.0. The van der Waals surface area contributed by atoms with Gasteiger partial charge in [0.25, 0.3) is 5.56 Å². The van der Waals surface area contributed by atoms with Crippen LogP contribution < -0.4 is 19.6 Å². The molecule has 3 aromatic rings. The molecule has 0 radical (unpaired) electrons. The zero-order valence-electron chi connectivity index (χ0n) is 19.5. The molecule has 180 valence electrons. The fourth-order valence-electron chi connectivity index (χ4n) is 3.83. The van der Waals surface area contributed by atoms with Crippen molar-refractivity contribution in [1.29, 1.82) is 0 Å². The normalized spacial score (nSPS) is 15.3. The fraction of sp³-hybridized carbons (Fsp3) is 0.231. The van der Waals surface area contributed by atoms with Gasteiger partial charge in [0.15, 0.2) is 11.4 Å². The van der Waals surface area contributed by atoms with Crippen molar-refractivity contribution in [2.75, 3.05) is 20.8 Å². The molecule has 2 heterocycles. The van der Waals surface area contributed by atoms with Crippen LogP contribution in [0.1, 0.15) is 30.5 Å². The van der Waals surface area contributed by atoms with Gasteiger partial charge in [0.05, 0.1) is 36.1 Å². The van der Waals surface area contributed by atoms with E-state index in [1.807, 2.05) is 37.3 Å². The fourth-order valence-corrected chi connectivity index (χ4v) is 4.85. The molecule has 0 unspecified atom stereocenters.